The van der Waals surface area contributed by atoms with E-state index in [1.54, 1.807) is 25.4 Å². The highest BCUT2D eigenvalue weighted by atomic mass is 16.5. The van der Waals surface area contributed by atoms with Gasteiger partial charge >= 0.3 is 0 Å². The molecule has 0 aliphatic carbocycles. The van der Waals surface area contributed by atoms with Gasteiger partial charge in [0.25, 0.3) is 5.91 Å². The lowest BCUT2D eigenvalue weighted by molar-refractivity contribution is 0.102. The van der Waals surface area contributed by atoms with E-state index in [2.05, 4.69) is 15.6 Å². The molecule has 0 saturated heterocycles. The summed E-state index contributed by atoms with van der Waals surface area (Å²) in [5.74, 6) is 1.20. The Bertz CT molecular complexity index is 944. The molecule has 1 amide bonds. The van der Waals surface area contributed by atoms with Crippen molar-refractivity contribution in [2.75, 3.05) is 24.4 Å². The summed E-state index contributed by atoms with van der Waals surface area (Å²) in [6, 6.07) is 16.9. The van der Waals surface area contributed by atoms with Crippen molar-refractivity contribution >= 4 is 17.3 Å². The van der Waals surface area contributed by atoms with Gasteiger partial charge in [0.2, 0.25) is 0 Å². The predicted octanol–water partition coefficient (Wildman–Crippen LogP) is 4.35. The summed E-state index contributed by atoms with van der Waals surface area (Å²) < 4.78 is 10.9. The minimum absolute atomic E-state index is 0.249. The van der Waals surface area contributed by atoms with Gasteiger partial charge < -0.3 is 20.1 Å². The molecule has 1 aromatic heterocycles. The third-order valence-electron chi connectivity index (χ3n) is 4.11. The normalized spacial score (nSPS) is 10.2. The Balaban J connectivity index is 1.70. The molecule has 0 bridgehead atoms. The topological polar surface area (TPSA) is 72.5 Å². The maximum Gasteiger partial charge on any atom is 0.257 e. The fraction of sp³-hybridized carbons (Fsp3) is 0.182. The van der Waals surface area contributed by atoms with Gasteiger partial charge in [0.1, 0.15) is 11.5 Å². The van der Waals surface area contributed by atoms with E-state index >= 15 is 0 Å². The summed E-state index contributed by atoms with van der Waals surface area (Å²) >= 11 is 0. The van der Waals surface area contributed by atoms with E-state index in [4.69, 9.17) is 9.47 Å². The Morgan fingerprint density at radius 3 is 2.57 bits per heavy atom. The summed E-state index contributed by atoms with van der Waals surface area (Å²) in [5.41, 5.74) is 2.85. The van der Waals surface area contributed by atoms with Crippen molar-refractivity contribution in [3.8, 4) is 11.5 Å². The van der Waals surface area contributed by atoms with Crippen LogP contribution < -0.4 is 20.1 Å². The molecule has 2 N–H and O–H groups in total. The van der Waals surface area contributed by atoms with Crippen LogP contribution in [0.25, 0.3) is 0 Å². The summed E-state index contributed by atoms with van der Waals surface area (Å²) in [4.78, 5) is 16.8. The van der Waals surface area contributed by atoms with Crippen LogP contribution >= 0.6 is 0 Å². The number of hydrogen-bond acceptors (Lipinski definition) is 5. The van der Waals surface area contributed by atoms with Gasteiger partial charge in [0.05, 0.1) is 30.7 Å². The second-order valence-electron chi connectivity index (χ2n) is 6.01. The van der Waals surface area contributed by atoms with E-state index in [0.29, 0.717) is 30.2 Å². The Morgan fingerprint density at radius 1 is 1.04 bits per heavy atom. The van der Waals surface area contributed by atoms with E-state index in [0.717, 1.165) is 17.0 Å². The molecule has 6 nitrogen and oxygen atoms in total. The average Bonchev–Trinajstić information content (AvgIpc) is 2.74. The fourth-order valence-corrected chi connectivity index (χ4v) is 2.75. The van der Waals surface area contributed by atoms with Crippen molar-refractivity contribution < 1.29 is 14.3 Å². The maximum absolute atomic E-state index is 12.6. The molecule has 0 atom stereocenters. The smallest absolute Gasteiger partial charge is 0.257 e. The van der Waals surface area contributed by atoms with Gasteiger partial charge in [0.15, 0.2) is 0 Å². The number of nitrogens with zero attached hydrogens (tertiary/aromatic N) is 1. The average molecular weight is 377 g/mol. The molecule has 0 aliphatic rings. The third-order valence-corrected chi connectivity index (χ3v) is 4.11. The Morgan fingerprint density at radius 2 is 1.79 bits per heavy atom. The van der Waals surface area contributed by atoms with Crippen molar-refractivity contribution in [3.63, 3.8) is 0 Å². The van der Waals surface area contributed by atoms with E-state index in [9.17, 15) is 4.79 Å². The Labute approximate surface area is 164 Å². The molecule has 3 aromatic rings. The molecule has 3 rings (SSSR count). The number of carbonyl (C=O) groups is 1. The number of ether oxygens (including phenoxy) is 2. The standard InChI is InChI=1S/C22H23N3O3/c1-3-28-21-11-7-5-9-19(21)25-22(26)17-12-18(15-23-13-17)24-14-16-8-4-6-10-20(16)27-2/h4-13,15,24H,3,14H2,1-2H3,(H,25,26). The molecule has 0 radical (unpaired) electrons. The van der Waals surface area contributed by atoms with Crippen LogP contribution in [0.1, 0.15) is 22.8 Å². The lowest BCUT2D eigenvalue weighted by Crippen LogP contribution is -2.14. The maximum atomic E-state index is 12.6. The molecule has 144 valence electrons. The van der Waals surface area contributed by atoms with Crippen molar-refractivity contribution in [1.82, 2.24) is 4.98 Å². The molecule has 2 aromatic carbocycles. The number of benzene rings is 2. The summed E-state index contributed by atoms with van der Waals surface area (Å²) in [5, 5.41) is 6.16. The number of pyridine rings is 1. The zero-order valence-corrected chi connectivity index (χ0v) is 15.9. The van der Waals surface area contributed by atoms with Crippen LogP contribution in [0.2, 0.25) is 0 Å². The van der Waals surface area contributed by atoms with E-state index in [1.807, 2.05) is 49.4 Å². The highest BCUT2D eigenvalue weighted by Gasteiger charge is 2.11. The fourth-order valence-electron chi connectivity index (χ4n) is 2.75. The van der Waals surface area contributed by atoms with Gasteiger partial charge in [-0.3, -0.25) is 9.78 Å². The van der Waals surface area contributed by atoms with Gasteiger partial charge in [-0.2, -0.15) is 0 Å². The number of aromatic nitrogens is 1. The second-order valence-corrected chi connectivity index (χ2v) is 6.01. The third kappa shape index (κ3) is 4.79. The van der Waals surface area contributed by atoms with Crippen LogP contribution in [0, 0.1) is 0 Å². The van der Waals surface area contributed by atoms with Crippen molar-refractivity contribution in [3.05, 3.63) is 78.1 Å². The Kier molecular flexibility index (Phi) is 6.46. The van der Waals surface area contributed by atoms with E-state index < -0.39 is 0 Å². The number of nitrogens with one attached hydrogen (secondary N) is 2. The van der Waals surface area contributed by atoms with Crippen LogP contribution in [0.15, 0.2) is 67.0 Å². The predicted molar refractivity (Wildman–Crippen MR) is 110 cm³/mol. The first-order valence-electron chi connectivity index (χ1n) is 9.05. The van der Waals surface area contributed by atoms with Gasteiger partial charge in [0, 0.05) is 24.5 Å². The van der Waals surface area contributed by atoms with Crippen LogP contribution in [0.5, 0.6) is 11.5 Å². The number of anilines is 2. The molecule has 0 spiro atoms. The molecule has 6 heteroatoms. The quantitative estimate of drug-likeness (QED) is 0.610. The largest absolute Gasteiger partial charge is 0.496 e. The zero-order chi connectivity index (χ0) is 19.8. The molecule has 1 heterocycles. The van der Waals surface area contributed by atoms with Crippen LogP contribution in [0.3, 0.4) is 0 Å². The number of hydrogen-bond donors (Lipinski definition) is 2. The van der Waals surface area contributed by atoms with Crippen molar-refractivity contribution in [2.24, 2.45) is 0 Å². The number of carbonyl (C=O) groups excluding carboxylic acids is 1. The van der Waals surface area contributed by atoms with E-state index in [1.165, 1.54) is 6.20 Å². The highest BCUT2D eigenvalue weighted by Crippen LogP contribution is 2.24. The minimum atomic E-state index is -0.249. The molecule has 0 saturated carbocycles. The number of para-hydroxylation sites is 3. The zero-order valence-electron chi connectivity index (χ0n) is 15.9. The van der Waals surface area contributed by atoms with Gasteiger partial charge in [-0.15, -0.1) is 0 Å². The monoisotopic (exact) mass is 377 g/mol. The molecular formula is C22H23N3O3. The lowest BCUT2D eigenvalue weighted by atomic mass is 10.2. The molecular weight excluding hydrogens is 354 g/mol. The van der Waals surface area contributed by atoms with Gasteiger partial charge in [-0.05, 0) is 31.2 Å². The van der Waals surface area contributed by atoms with Crippen molar-refractivity contribution in [1.29, 1.82) is 0 Å². The SMILES string of the molecule is CCOc1ccccc1NC(=O)c1cncc(NCc2ccccc2OC)c1. The Hall–Kier alpha value is -3.54. The minimum Gasteiger partial charge on any atom is -0.496 e. The van der Waals surface area contributed by atoms with E-state index in [-0.39, 0.29) is 5.91 Å². The van der Waals surface area contributed by atoms with Crippen molar-refractivity contribution in [2.45, 2.75) is 13.5 Å². The highest BCUT2D eigenvalue weighted by molar-refractivity contribution is 6.05. The first kappa shape index (κ1) is 19.2. The number of amides is 1. The van der Waals surface area contributed by atoms with Crippen LogP contribution in [0.4, 0.5) is 11.4 Å². The van der Waals surface area contributed by atoms with Gasteiger partial charge in [-0.1, -0.05) is 30.3 Å². The molecule has 0 aliphatic heterocycles. The molecule has 28 heavy (non-hydrogen) atoms. The first-order chi connectivity index (χ1) is 13.7. The summed E-state index contributed by atoms with van der Waals surface area (Å²) in [6.45, 7) is 2.99. The lowest BCUT2D eigenvalue weighted by Gasteiger charge is -2.12. The first-order valence-corrected chi connectivity index (χ1v) is 9.05. The van der Waals surface area contributed by atoms with Crippen LogP contribution in [-0.4, -0.2) is 24.6 Å². The summed E-state index contributed by atoms with van der Waals surface area (Å²) in [7, 11) is 1.64. The molecule has 0 unspecified atom stereocenters. The number of methoxy groups -OCH3 is 1. The summed E-state index contributed by atoms with van der Waals surface area (Å²) in [6.07, 6.45) is 3.22. The second kappa shape index (κ2) is 9.41. The molecule has 0 fully saturated rings. The number of rotatable bonds is 8. The van der Waals surface area contributed by atoms with Gasteiger partial charge in [-0.25, -0.2) is 0 Å². The van der Waals surface area contributed by atoms with Crippen LogP contribution in [-0.2, 0) is 6.54 Å².